The van der Waals surface area contributed by atoms with Gasteiger partial charge < -0.3 is 10.1 Å². The van der Waals surface area contributed by atoms with Crippen LogP contribution in [-0.4, -0.2) is 11.7 Å². The number of benzene rings is 6. The van der Waals surface area contributed by atoms with Crippen LogP contribution in [0.1, 0.15) is 52.5 Å². The minimum Gasteiger partial charge on any atom is -0.454 e. The predicted octanol–water partition coefficient (Wildman–Crippen LogP) is 8.73. The van der Waals surface area contributed by atoms with E-state index in [0.717, 1.165) is 45.3 Å². The fourth-order valence-electron chi connectivity index (χ4n) is 5.97. The Bertz CT molecular complexity index is 1970. The van der Waals surface area contributed by atoms with Crippen molar-refractivity contribution in [2.75, 3.05) is 0 Å². The van der Waals surface area contributed by atoms with E-state index < -0.39 is 6.23 Å². The minimum absolute atomic E-state index is 0.0392. The van der Waals surface area contributed by atoms with Gasteiger partial charge in [0.05, 0.1) is 12.1 Å². The lowest BCUT2D eigenvalue weighted by Crippen LogP contribution is -2.35. The average molecular weight is 587 g/mol. The summed E-state index contributed by atoms with van der Waals surface area (Å²) >= 11 is 0. The van der Waals surface area contributed by atoms with Crippen molar-refractivity contribution in [2.24, 2.45) is 10.7 Å². The van der Waals surface area contributed by atoms with Crippen LogP contribution in [0.4, 0.5) is 0 Å². The number of nitrogens with zero attached hydrogens (tertiary/aromatic N) is 1. The Morgan fingerprint density at radius 1 is 0.667 bits per heavy atom. The molecule has 0 saturated heterocycles. The summed E-state index contributed by atoms with van der Waals surface area (Å²) in [7, 11) is 0. The monoisotopic (exact) mass is 586 g/mol. The molecule has 220 valence electrons. The number of nitrogens with one attached hydrogen (secondary N) is 2. The average Bonchev–Trinajstić information content (AvgIpc) is 3.12. The third-order valence-electron chi connectivity index (χ3n) is 8.38. The molecule has 0 spiro atoms. The molecular formula is C40H34N4O. The van der Waals surface area contributed by atoms with Crippen LogP contribution in [0.5, 0.6) is 0 Å². The first kappa shape index (κ1) is 28.3. The number of ether oxygens (including phenoxy) is 1. The maximum absolute atomic E-state index is 8.72. The molecule has 0 saturated carbocycles. The number of hydrogen-bond acceptors (Lipinski definition) is 5. The third-order valence-corrected chi connectivity index (χ3v) is 8.38. The number of fused-ring (bicyclic) bond motifs is 1. The van der Waals surface area contributed by atoms with E-state index >= 15 is 0 Å². The van der Waals surface area contributed by atoms with E-state index in [9.17, 15) is 0 Å². The molecule has 6 aromatic rings. The highest BCUT2D eigenvalue weighted by molar-refractivity contribution is 6.00. The summed E-state index contributed by atoms with van der Waals surface area (Å²) in [6, 6.07) is 51.5. The van der Waals surface area contributed by atoms with Crippen molar-refractivity contribution in [1.82, 2.24) is 5.32 Å². The van der Waals surface area contributed by atoms with Crippen LogP contribution in [0.3, 0.4) is 0 Å². The Hall–Kier alpha value is -5.52. The van der Waals surface area contributed by atoms with Crippen LogP contribution in [-0.2, 0) is 4.74 Å². The third kappa shape index (κ3) is 6.26. The molecule has 1 aliphatic rings. The quantitative estimate of drug-likeness (QED) is 0.0994. The van der Waals surface area contributed by atoms with Gasteiger partial charge in [0.2, 0.25) is 5.90 Å². The molecule has 0 aromatic heterocycles. The van der Waals surface area contributed by atoms with Crippen LogP contribution < -0.4 is 11.1 Å². The highest BCUT2D eigenvalue weighted by Crippen LogP contribution is 2.35. The van der Waals surface area contributed by atoms with Gasteiger partial charge in [-0.25, -0.2) is 0 Å². The molecule has 7 rings (SSSR count). The molecule has 0 aliphatic carbocycles. The zero-order valence-electron chi connectivity index (χ0n) is 24.8. The normalized spacial score (nSPS) is 16.8. The Labute approximate surface area is 263 Å². The van der Waals surface area contributed by atoms with Gasteiger partial charge in [0.25, 0.3) is 0 Å². The number of amidine groups is 1. The van der Waals surface area contributed by atoms with Gasteiger partial charge in [-0.05, 0) is 63.7 Å². The van der Waals surface area contributed by atoms with Gasteiger partial charge in [-0.15, -0.1) is 0 Å². The van der Waals surface area contributed by atoms with Crippen LogP contribution >= 0.6 is 0 Å². The molecule has 4 N–H and O–H groups in total. The first-order valence-electron chi connectivity index (χ1n) is 15.3. The van der Waals surface area contributed by atoms with Gasteiger partial charge in [0.15, 0.2) is 6.23 Å². The Kier molecular flexibility index (Phi) is 7.92. The highest BCUT2D eigenvalue weighted by atomic mass is 16.5. The van der Waals surface area contributed by atoms with Crippen molar-refractivity contribution in [1.29, 1.82) is 5.41 Å². The minimum atomic E-state index is -0.794. The molecule has 6 aromatic carbocycles. The van der Waals surface area contributed by atoms with Gasteiger partial charge in [0.1, 0.15) is 5.84 Å². The topological polar surface area (TPSA) is 83.5 Å². The number of rotatable bonds is 7. The van der Waals surface area contributed by atoms with Gasteiger partial charge in [-0.2, -0.15) is 0 Å². The summed E-state index contributed by atoms with van der Waals surface area (Å²) in [5, 5.41) is 14.5. The van der Waals surface area contributed by atoms with E-state index in [-0.39, 0.29) is 18.0 Å². The van der Waals surface area contributed by atoms with Crippen LogP contribution in [0.25, 0.3) is 21.9 Å². The summed E-state index contributed by atoms with van der Waals surface area (Å²) in [6.45, 7) is 0. The first-order chi connectivity index (χ1) is 22.1. The zero-order chi connectivity index (χ0) is 30.6. The zero-order valence-corrected chi connectivity index (χ0v) is 24.8. The Morgan fingerprint density at radius 2 is 1.31 bits per heavy atom. The van der Waals surface area contributed by atoms with Crippen molar-refractivity contribution >= 4 is 22.5 Å². The second-order valence-corrected chi connectivity index (χ2v) is 11.4. The van der Waals surface area contributed by atoms with E-state index in [1.807, 2.05) is 72.8 Å². The fourth-order valence-corrected chi connectivity index (χ4v) is 5.97. The van der Waals surface area contributed by atoms with Crippen LogP contribution in [0, 0.1) is 5.41 Å². The molecule has 1 heterocycles. The van der Waals surface area contributed by atoms with Crippen molar-refractivity contribution in [3.05, 3.63) is 179 Å². The molecule has 0 amide bonds. The number of nitrogens with two attached hydrogens (primary N) is 1. The number of hydrogen-bond donors (Lipinski definition) is 3. The van der Waals surface area contributed by atoms with Gasteiger partial charge in [-0.3, -0.25) is 16.1 Å². The standard InChI is InChI=1S/C40H34N4O/c41-38(45-39(42)35-22-21-31-23-30(19-20-32(31)24-35)27-11-4-1-5-12-27)34-18-10-17-33(25-34)37-26-36(28-13-6-2-7-14-28)43-40(44-37)29-15-8-3-9-16-29/h1-25,36-38,42H,26,41H2,(H,43,44). The van der Waals surface area contributed by atoms with Crippen LogP contribution in [0.2, 0.25) is 0 Å². The maximum atomic E-state index is 8.72. The molecule has 0 radical (unpaired) electrons. The molecule has 3 atom stereocenters. The second kappa shape index (κ2) is 12.6. The van der Waals surface area contributed by atoms with Crippen molar-refractivity contribution in [3.8, 4) is 11.1 Å². The van der Waals surface area contributed by atoms with Crippen molar-refractivity contribution in [2.45, 2.75) is 24.7 Å². The van der Waals surface area contributed by atoms with E-state index in [2.05, 4.69) is 84.2 Å². The lowest BCUT2D eigenvalue weighted by molar-refractivity contribution is 0.199. The molecule has 0 fully saturated rings. The molecule has 0 bridgehead atoms. The molecule has 1 aliphatic heterocycles. The van der Waals surface area contributed by atoms with Gasteiger partial charge >= 0.3 is 0 Å². The molecule has 5 heteroatoms. The lowest BCUT2D eigenvalue weighted by Gasteiger charge is -2.31. The molecule has 3 unspecified atom stereocenters. The lowest BCUT2D eigenvalue weighted by atomic mass is 9.92. The Morgan fingerprint density at radius 3 is 2.07 bits per heavy atom. The first-order valence-corrected chi connectivity index (χ1v) is 15.3. The SMILES string of the molecule is N=C(OC(N)c1cccc(C2CC(c3ccccc3)NC(c3ccccc3)=N2)c1)c1ccc2cc(-c3ccccc3)ccc2c1. The van der Waals surface area contributed by atoms with E-state index in [1.54, 1.807) is 0 Å². The smallest absolute Gasteiger partial charge is 0.215 e. The van der Waals surface area contributed by atoms with E-state index in [1.165, 1.54) is 11.1 Å². The van der Waals surface area contributed by atoms with Crippen LogP contribution in [0.15, 0.2) is 157 Å². The van der Waals surface area contributed by atoms with Crippen molar-refractivity contribution < 1.29 is 4.74 Å². The summed E-state index contributed by atoms with van der Waals surface area (Å²) in [5.74, 6) is 0.915. The molecular weight excluding hydrogens is 552 g/mol. The largest absolute Gasteiger partial charge is 0.454 e. The summed E-state index contributed by atoms with van der Waals surface area (Å²) in [4.78, 5) is 5.14. The van der Waals surface area contributed by atoms with Gasteiger partial charge in [0, 0.05) is 16.7 Å². The molecule has 5 nitrogen and oxygen atoms in total. The maximum Gasteiger partial charge on any atom is 0.215 e. The number of aliphatic imine (C=N–C) groups is 1. The molecule has 45 heavy (non-hydrogen) atoms. The second-order valence-electron chi connectivity index (χ2n) is 11.4. The highest BCUT2D eigenvalue weighted by Gasteiger charge is 2.27. The van der Waals surface area contributed by atoms with E-state index in [0.29, 0.717) is 5.56 Å². The van der Waals surface area contributed by atoms with Gasteiger partial charge in [-0.1, -0.05) is 127 Å². The van der Waals surface area contributed by atoms with Crippen molar-refractivity contribution in [3.63, 3.8) is 0 Å². The van der Waals surface area contributed by atoms with E-state index in [4.69, 9.17) is 20.9 Å². The predicted molar refractivity (Wildman–Crippen MR) is 183 cm³/mol. The summed E-state index contributed by atoms with van der Waals surface area (Å²) < 4.78 is 6.00. The summed E-state index contributed by atoms with van der Waals surface area (Å²) in [6.07, 6.45) is 0.0107. The Balaban J connectivity index is 1.11. The summed E-state index contributed by atoms with van der Waals surface area (Å²) in [5.41, 5.74) is 13.7. The fraction of sp³-hybridized carbons (Fsp3) is 0.100.